The molecule has 2 unspecified atom stereocenters. The molecule has 3 nitrogen and oxygen atoms in total. The summed E-state index contributed by atoms with van der Waals surface area (Å²) in [6.07, 6.45) is 5.76. The fraction of sp³-hybridized carbons (Fsp3) is 0.533. The van der Waals surface area contributed by atoms with Gasteiger partial charge in [-0.05, 0) is 37.0 Å². The molecule has 0 aromatic heterocycles. The van der Waals surface area contributed by atoms with Gasteiger partial charge in [0.1, 0.15) is 5.75 Å². The molecule has 1 saturated carbocycles. The van der Waals surface area contributed by atoms with Crippen molar-refractivity contribution in [3.8, 4) is 5.75 Å². The third kappa shape index (κ3) is 3.50. The molecule has 1 fully saturated rings. The molecule has 1 amide bonds. The van der Waals surface area contributed by atoms with E-state index >= 15 is 0 Å². The fourth-order valence-corrected chi connectivity index (χ4v) is 3.18. The van der Waals surface area contributed by atoms with E-state index < -0.39 is 0 Å². The first kappa shape index (κ1) is 14.4. The number of benzene rings is 1. The molecular formula is C15H20BrNO2. The number of rotatable bonds is 3. The average Bonchev–Trinajstić information content (AvgIpc) is 2.39. The highest BCUT2D eigenvalue weighted by atomic mass is 79.9. The number of amides is 1. The zero-order chi connectivity index (χ0) is 13.8. The molecule has 2 rings (SSSR count). The number of aromatic hydroxyl groups is 1. The van der Waals surface area contributed by atoms with Crippen molar-refractivity contribution in [2.24, 2.45) is 5.92 Å². The average molecular weight is 326 g/mol. The predicted molar refractivity (Wildman–Crippen MR) is 79.3 cm³/mol. The van der Waals surface area contributed by atoms with E-state index in [1.54, 1.807) is 18.2 Å². The van der Waals surface area contributed by atoms with Crippen LogP contribution in [0, 0.1) is 5.92 Å². The van der Waals surface area contributed by atoms with Crippen LogP contribution in [0.2, 0.25) is 0 Å². The molecule has 0 bridgehead atoms. The highest BCUT2D eigenvalue weighted by molar-refractivity contribution is 9.10. The predicted octanol–water partition coefficient (Wildman–Crippen LogP) is 3.85. The number of nitrogens with one attached hydrogen (secondary N) is 1. The number of carbonyl (C=O) groups excluding carboxylic acids is 1. The first-order valence-electron chi connectivity index (χ1n) is 6.91. The minimum Gasteiger partial charge on any atom is -0.507 e. The summed E-state index contributed by atoms with van der Waals surface area (Å²) in [6.45, 7) is 2.17. The van der Waals surface area contributed by atoms with Gasteiger partial charge in [-0.2, -0.15) is 0 Å². The normalized spacial score (nSPS) is 23.1. The lowest BCUT2D eigenvalue weighted by Crippen LogP contribution is -2.41. The fourth-order valence-electron chi connectivity index (χ4n) is 2.83. The van der Waals surface area contributed by atoms with E-state index in [1.807, 2.05) is 0 Å². The number of halogens is 1. The number of phenolic OH excluding ortho intramolecular Hbond substituents is 1. The second kappa shape index (κ2) is 6.42. The minimum atomic E-state index is -0.171. The highest BCUT2D eigenvalue weighted by Crippen LogP contribution is 2.28. The molecule has 1 aromatic carbocycles. The molecule has 4 heteroatoms. The van der Waals surface area contributed by atoms with Crippen LogP contribution in [0.5, 0.6) is 5.75 Å². The maximum atomic E-state index is 12.2. The Morgan fingerprint density at radius 1 is 1.42 bits per heavy atom. The number of phenols is 1. The van der Waals surface area contributed by atoms with E-state index in [1.165, 1.54) is 19.3 Å². The Labute approximate surface area is 122 Å². The van der Waals surface area contributed by atoms with E-state index in [9.17, 15) is 9.90 Å². The number of carbonyl (C=O) groups is 1. The summed E-state index contributed by atoms with van der Waals surface area (Å²) in [5, 5.41) is 12.9. The number of hydrogen-bond donors (Lipinski definition) is 2. The monoisotopic (exact) mass is 325 g/mol. The van der Waals surface area contributed by atoms with Gasteiger partial charge in [-0.15, -0.1) is 0 Å². The van der Waals surface area contributed by atoms with Crippen molar-refractivity contribution < 1.29 is 9.90 Å². The van der Waals surface area contributed by atoms with E-state index in [-0.39, 0.29) is 17.7 Å². The van der Waals surface area contributed by atoms with Gasteiger partial charge in [-0.1, -0.05) is 42.1 Å². The van der Waals surface area contributed by atoms with Gasteiger partial charge in [0.25, 0.3) is 5.91 Å². The molecule has 0 heterocycles. The van der Waals surface area contributed by atoms with Crippen LogP contribution in [-0.2, 0) is 0 Å². The lowest BCUT2D eigenvalue weighted by Gasteiger charge is -2.31. The lowest BCUT2D eigenvalue weighted by molar-refractivity contribution is 0.0902. The van der Waals surface area contributed by atoms with Gasteiger partial charge < -0.3 is 10.4 Å². The molecule has 2 atom stereocenters. The summed E-state index contributed by atoms with van der Waals surface area (Å²) >= 11 is 3.27. The summed E-state index contributed by atoms with van der Waals surface area (Å²) in [5.74, 6) is 0.418. The van der Waals surface area contributed by atoms with Crippen molar-refractivity contribution in [2.45, 2.75) is 45.1 Å². The Kier molecular flexibility index (Phi) is 4.86. The number of hydrogen-bond acceptors (Lipinski definition) is 2. The van der Waals surface area contributed by atoms with Crippen molar-refractivity contribution in [3.05, 3.63) is 28.2 Å². The van der Waals surface area contributed by atoms with Gasteiger partial charge >= 0.3 is 0 Å². The first-order valence-corrected chi connectivity index (χ1v) is 7.70. The van der Waals surface area contributed by atoms with Crippen molar-refractivity contribution in [2.75, 3.05) is 0 Å². The summed E-state index contributed by atoms with van der Waals surface area (Å²) in [4.78, 5) is 12.2. The maximum Gasteiger partial charge on any atom is 0.255 e. The smallest absolute Gasteiger partial charge is 0.255 e. The van der Waals surface area contributed by atoms with Gasteiger partial charge in [0.05, 0.1) is 5.56 Å². The molecule has 1 aliphatic rings. The second-order valence-electron chi connectivity index (χ2n) is 5.19. The zero-order valence-corrected chi connectivity index (χ0v) is 12.7. The standard InChI is InChI=1S/C15H20BrNO2/c1-2-10-5-3-4-6-13(10)17-15(19)12-8-7-11(16)9-14(12)18/h7-10,13,18H,2-6H2,1H3,(H,17,19). The summed E-state index contributed by atoms with van der Waals surface area (Å²) in [6, 6.07) is 5.22. The van der Waals surface area contributed by atoms with Crippen LogP contribution < -0.4 is 5.32 Å². The van der Waals surface area contributed by atoms with Crippen molar-refractivity contribution >= 4 is 21.8 Å². The maximum absolute atomic E-state index is 12.2. The van der Waals surface area contributed by atoms with Gasteiger partial charge in [0, 0.05) is 10.5 Å². The SMILES string of the molecule is CCC1CCCCC1NC(=O)c1ccc(Br)cc1O. The van der Waals surface area contributed by atoms with Gasteiger partial charge in [0.15, 0.2) is 0 Å². The van der Waals surface area contributed by atoms with Crippen LogP contribution in [-0.4, -0.2) is 17.1 Å². The van der Waals surface area contributed by atoms with Gasteiger partial charge in [-0.25, -0.2) is 0 Å². The second-order valence-corrected chi connectivity index (χ2v) is 6.11. The Morgan fingerprint density at radius 2 is 2.16 bits per heavy atom. The first-order chi connectivity index (χ1) is 9.11. The Hall–Kier alpha value is -1.03. The third-order valence-electron chi connectivity index (χ3n) is 3.95. The molecule has 1 aliphatic carbocycles. The topological polar surface area (TPSA) is 49.3 Å². The largest absolute Gasteiger partial charge is 0.507 e. The molecule has 0 radical (unpaired) electrons. The van der Waals surface area contributed by atoms with Crippen LogP contribution in [0.1, 0.15) is 49.4 Å². The summed E-state index contributed by atoms with van der Waals surface area (Å²) in [7, 11) is 0. The summed E-state index contributed by atoms with van der Waals surface area (Å²) in [5.41, 5.74) is 0.351. The van der Waals surface area contributed by atoms with Crippen LogP contribution in [0.3, 0.4) is 0 Å². The third-order valence-corrected chi connectivity index (χ3v) is 4.45. The Morgan fingerprint density at radius 3 is 2.84 bits per heavy atom. The van der Waals surface area contributed by atoms with E-state index in [4.69, 9.17) is 0 Å². The molecule has 0 saturated heterocycles. The Bertz CT molecular complexity index is 461. The molecular weight excluding hydrogens is 306 g/mol. The van der Waals surface area contributed by atoms with Crippen molar-refractivity contribution in [3.63, 3.8) is 0 Å². The zero-order valence-electron chi connectivity index (χ0n) is 11.2. The van der Waals surface area contributed by atoms with Gasteiger partial charge in [0.2, 0.25) is 0 Å². The molecule has 19 heavy (non-hydrogen) atoms. The molecule has 2 N–H and O–H groups in total. The highest BCUT2D eigenvalue weighted by Gasteiger charge is 2.26. The quantitative estimate of drug-likeness (QED) is 0.886. The van der Waals surface area contributed by atoms with Crippen LogP contribution in [0.4, 0.5) is 0 Å². The van der Waals surface area contributed by atoms with Crippen molar-refractivity contribution in [1.29, 1.82) is 0 Å². The van der Waals surface area contributed by atoms with Crippen LogP contribution in [0.15, 0.2) is 22.7 Å². The Balaban J connectivity index is 2.07. The van der Waals surface area contributed by atoms with E-state index in [0.717, 1.165) is 17.3 Å². The van der Waals surface area contributed by atoms with Gasteiger partial charge in [-0.3, -0.25) is 4.79 Å². The molecule has 104 valence electrons. The minimum absolute atomic E-state index is 0.0238. The van der Waals surface area contributed by atoms with Crippen LogP contribution >= 0.6 is 15.9 Å². The van der Waals surface area contributed by atoms with Crippen molar-refractivity contribution in [1.82, 2.24) is 5.32 Å². The van der Waals surface area contributed by atoms with Crippen LogP contribution in [0.25, 0.3) is 0 Å². The molecule has 0 spiro atoms. The van der Waals surface area contributed by atoms with E-state index in [0.29, 0.717) is 11.5 Å². The summed E-state index contributed by atoms with van der Waals surface area (Å²) < 4.78 is 0.769. The molecule has 1 aromatic rings. The lowest BCUT2D eigenvalue weighted by atomic mass is 9.83. The van der Waals surface area contributed by atoms with E-state index in [2.05, 4.69) is 28.2 Å². The molecule has 0 aliphatic heterocycles.